The lowest BCUT2D eigenvalue weighted by Gasteiger charge is -2.00. The molecule has 5 heteroatoms. The summed E-state index contributed by atoms with van der Waals surface area (Å²) in [5.74, 6) is -0.343. The second kappa shape index (κ2) is 3.61. The number of esters is 1. The van der Waals surface area contributed by atoms with Gasteiger partial charge in [-0.25, -0.2) is 9.78 Å². The molecule has 2 rings (SSSR count). The SMILES string of the molecule is CCOC(=O)c1ccn2cc(O)cc2n1. The van der Waals surface area contributed by atoms with E-state index in [1.807, 2.05) is 0 Å². The Morgan fingerprint density at radius 1 is 1.67 bits per heavy atom. The molecule has 2 heterocycles. The summed E-state index contributed by atoms with van der Waals surface area (Å²) in [5.41, 5.74) is 0.750. The number of aromatic hydroxyl groups is 1. The van der Waals surface area contributed by atoms with E-state index in [0.29, 0.717) is 12.3 Å². The smallest absolute Gasteiger partial charge is 0.357 e. The molecule has 0 aliphatic heterocycles. The van der Waals surface area contributed by atoms with Crippen LogP contribution in [0.25, 0.3) is 5.65 Å². The predicted octanol–water partition coefficient (Wildman–Crippen LogP) is 1.22. The van der Waals surface area contributed by atoms with E-state index < -0.39 is 5.97 Å². The van der Waals surface area contributed by atoms with Crippen molar-refractivity contribution in [3.8, 4) is 5.75 Å². The number of ether oxygens (including phenoxy) is 1. The molecule has 0 aliphatic rings. The molecule has 15 heavy (non-hydrogen) atoms. The molecule has 0 unspecified atom stereocenters. The average Bonchev–Trinajstić information content (AvgIpc) is 2.57. The highest BCUT2D eigenvalue weighted by molar-refractivity contribution is 5.87. The molecule has 0 saturated carbocycles. The molecule has 0 radical (unpaired) electrons. The minimum atomic E-state index is -0.458. The fourth-order valence-corrected chi connectivity index (χ4v) is 1.29. The normalized spacial score (nSPS) is 10.5. The number of hydrogen-bond donors (Lipinski definition) is 1. The van der Waals surface area contributed by atoms with Gasteiger partial charge < -0.3 is 14.2 Å². The first kappa shape index (κ1) is 9.51. The Labute approximate surface area is 85.9 Å². The van der Waals surface area contributed by atoms with Gasteiger partial charge in [-0.15, -0.1) is 0 Å². The van der Waals surface area contributed by atoms with Crippen LogP contribution in [0, 0.1) is 0 Å². The molecule has 0 spiro atoms. The maximum atomic E-state index is 11.3. The quantitative estimate of drug-likeness (QED) is 0.750. The molecule has 0 aliphatic carbocycles. The van der Waals surface area contributed by atoms with Gasteiger partial charge in [0, 0.05) is 12.3 Å². The third-order valence-corrected chi connectivity index (χ3v) is 1.93. The topological polar surface area (TPSA) is 63.8 Å². The Balaban J connectivity index is 2.41. The fraction of sp³-hybridized carbons (Fsp3) is 0.200. The standard InChI is InChI=1S/C10H10N2O3/c1-2-15-10(14)8-3-4-12-6-7(13)5-9(12)11-8/h3-6,13H,2H2,1H3. The second-order valence-electron chi connectivity index (χ2n) is 3.00. The Morgan fingerprint density at radius 2 is 2.47 bits per heavy atom. The van der Waals surface area contributed by atoms with Crippen LogP contribution in [0.4, 0.5) is 0 Å². The van der Waals surface area contributed by atoms with Crippen molar-refractivity contribution < 1.29 is 14.6 Å². The molecule has 78 valence electrons. The maximum absolute atomic E-state index is 11.3. The van der Waals surface area contributed by atoms with Gasteiger partial charge in [-0.05, 0) is 13.0 Å². The highest BCUT2D eigenvalue weighted by Gasteiger charge is 2.09. The summed E-state index contributed by atoms with van der Waals surface area (Å²) in [5, 5.41) is 9.21. The maximum Gasteiger partial charge on any atom is 0.357 e. The van der Waals surface area contributed by atoms with Gasteiger partial charge in [-0.2, -0.15) is 0 Å². The summed E-state index contributed by atoms with van der Waals surface area (Å²) in [7, 11) is 0. The van der Waals surface area contributed by atoms with E-state index in [4.69, 9.17) is 4.74 Å². The molecule has 0 bridgehead atoms. The van der Waals surface area contributed by atoms with E-state index in [1.165, 1.54) is 12.3 Å². The van der Waals surface area contributed by atoms with Crippen molar-refractivity contribution >= 4 is 11.6 Å². The van der Waals surface area contributed by atoms with Crippen molar-refractivity contribution in [1.29, 1.82) is 0 Å². The molecule has 0 amide bonds. The molecule has 0 fully saturated rings. The molecule has 2 aromatic rings. The zero-order valence-corrected chi connectivity index (χ0v) is 8.17. The number of carbonyl (C=O) groups is 1. The van der Waals surface area contributed by atoms with Crippen molar-refractivity contribution in [3.05, 3.63) is 30.2 Å². The number of fused-ring (bicyclic) bond motifs is 1. The summed E-state index contributed by atoms with van der Waals surface area (Å²) in [6.07, 6.45) is 3.16. The van der Waals surface area contributed by atoms with E-state index in [2.05, 4.69) is 4.98 Å². The summed E-state index contributed by atoms with van der Waals surface area (Å²) in [6, 6.07) is 3.02. The van der Waals surface area contributed by atoms with E-state index in [1.54, 1.807) is 23.6 Å². The van der Waals surface area contributed by atoms with E-state index >= 15 is 0 Å². The third kappa shape index (κ3) is 1.76. The first-order valence-electron chi connectivity index (χ1n) is 4.55. The van der Waals surface area contributed by atoms with Gasteiger partial charge in [0.1, 0.15) is 11.4 Å². The van der Waals surface area contributed by atoms with E-state index in [0.717, 1.165) is 0 Å². The number of rotatable bonds is 2. The van der Waals surface area contributed by atoms with Gasteiger partial charge in [-0.1, -0.05) is 0 Å². The lowest BCUT2D eigenvalue weighted by atomic mass is 10.4. The fourth-order valence-electron chi connectivity index (χ4n) is 1.29. The molecular formula is C10H10N2O3. The predicted molar refractivity (Wildman–Crippen MR) is 52.8 cm³/mol. The van der Waals surface area contributed by atoms with Gasteiger partial charge in [0.15, 0.2) is 5.69 Å². The minimum absolute atomic E-state index is 0.114. The first-order valence-corrected chi connectivity index (χ1v) is 4.55. The van der Waals surface area contributed by atoms with Crippen LogP contribution in [0.15, 0.2) is 24.5 Å². The van der Waals surface area contributed by atoms with Crippen LogP contribution in [-0.2, 0) is 4.74 Å². The average molecular weight is 206 g/mol. The summed E-state index contributed by atoms with van der Waals surface area (Å²) in [6.45, 7) is 2.05. The third-order valence-electron chi connectivity index (χ3n) is 1.93. The van der Waals surface area contributed by atoms with Crippen molar-refractivity contribution in [2.75, 3.05) is 6.61 Å². The van der Waals surface area contributed by atoms with Gasteiger partial charge in [0.05, 0.1) is 12.8 Å². The van der Waals surface area contributed by atoms with Crippen molar-refractivity contribution in [1.82, 2.24) is 9.38 Å². The van der Waals surface area contributed by atoms with Crippen LogP contribution in [0.3, 0.4) is 0 Å². The minimum Gasteiger partial charge on any atom is -0.506 e. The number of aromatic nitrogens is 2. The van der Waals surface area contributed by atoms with E-state index in [9.17, 15) is 9.90 Å². The summed E-state index contributed by atoms with van der Waals surface area (Å²) >= 11 is 0. The molecule has 0 saturated heterocycles. The largest absolute Gasteiger partial charge is 0.506 e. The van der Waals surface area contributed by atoms with Crippen LogP contribution in [0.2, 0.25) is 0 Å². The number of nitrogens with zero attached hydrogens (tertiary/aromatic N) is 2. The Kier molecular flexibility index (Phi) is 2.29. The summed E-state index contributed by atoms with van der Waals surface area (Å²) in [4.78, 5) is 15.4. The Hall–Kier alpha value is -2.04. The second-order valence-corrected chi connectivity index (χ2v) is 3.00. The highest BCUT2D eigenvalue weighted by atomic mass is 16.5. The molecule has 1 N–H and O–H groups in total. The zero-order chi connectivity index (χ0) is 10.8. The summed E-state index contributed by atoms with van der Waals surface area (Å²) < 4.78 is 6.43. The van der Waals surface area contributed by atoms with Gasteiger partial charge in [0.2, 0.25) is 0 Å². The van der Waals surface area contributed by atoms with E-state index in [-0.39, 0.29) is 11.4 Å². The lowest BCUT2D eigenvalue weighted by molar-refractivity contribution is 0.0519. The van der Waals surface area contributed by atoms with Crippen LogP contribution < -0.4 is 0 Å². The van der Waals surface area contributed by atoms with Crippen molar-refractivity contribution in [2.24, 2.45) is 0 Å². The van der Waals surface area contributed by atoms with Crippen LogP contribution in [0.5, 0.6) is 5.75 Å². The zero-order valence-electron chi connectivity index (χ0n) is 8.17. The van der Waals surface area contributed by atoms with Gasteiger partial charge in [0.25, 0.3) is 0 Å². The van der Waals surface area contributed by atoms with Crippen LogP contribution >= 0.6 is 0 Å². The molecule has 5 nitrogen and oxygen atoms in total. The molecule has 0 atom stereocenters. The van der Waals surface area contributed by atoms with Crippen molar-refractivity contribution in [2.45, 2.75) is 6.92 Å². The Morgan fingerprint density at radius 3 is 3.20 bits per heavy atom. The highest BCUT2D eigenvalue weighted by Crippen LogP contribution is 2.13. The monoisotopic (exact) mass is 206 g/mol. The lowest BCUT2D eigenvalue weighted by Crippen LogP contribution is -2.07. The number of carbonyl (C=O) groups excluding carboxylic acids is 1. The number of hydrogen-bond acceptors (Lipinski definition) is 4. The van der Waals surface area contributed by atoms with Gasteiger partial charge >= 0.3 is 5.97 Å². The molecule has 0 aromatic carbocycles. The Bertz CT molecular complexity index is 504. The first-order chi connectivity index (χ1) is 7.20. The molecule has 2 aromatic heterocycles. The van der Waals surface area contributed by atoms with Gasteiger partial charge in [-0.3, -0.25) is 0 Å². The molecular weight excluding hydrogens is 196 g/mol. The van der Waals surface area contributed by atoms with Crippen LogP contribution in [-0.4, -0.2) is 27.1 Å². The van der Waals surface area contributed by atoms with Crippen LogP contribution in [0.1, 0.15) is 17.4 Å². The van der Waals surface area contributed by atoms with Crippen molar-refractivity contribution in [3.63, 3.8) is 0 Å².